The Hall–Kier alpha value is -1.56. The van der Waals surface area contributed by atoms with Crippen LogP contribution in [0.2, 0.25) is 0 Å². The van der Waals surface area contributed by atoms with E-state index >= 15 is 0 Å². The number of carbonyl (C=O) groups is 1. The molecule has 0 saturated carbocycles. The molecule has 2 atom stereocenters. The maximum absolute atomic E-state index is 12.0. The van der Waals surface area contributed by atoms with Crippen molar-refractivity contribution in [2.45, 2.75) is 38.9 Å². The Labute approximate surface area is 119 Å². The van der Waals surface area contributed by atoms with Crippen LogP contribution >= 0.6 is 0 Å². The molecule has 2 rings (SSSR count). The van der Waals surface area contributed by atoms with Crippen LogP contribution in [0.3, 0.4) is 0 Å². The molecule has 112 valence electrons. The molecule has 2 unspecified atom stereocenters. The third-order valence-corrected chi connectivity index (χ3v) is 3.45. The van der Waals surface area contributed by atoms with E-state index in [1.54, 1.807) is 21.9 Å². The van der Waals surface area contributed by atoms with Gasteiger partial charge in [-0.05, 0) is 27.2 Å². The Kier molecular flexibility index (Phi) is 4.04. The summed E-state index contributed by atoms with van der Waals surface area (Å²) in [5.41, 5.74) is -0.493. The largest absolute Gasteiger partial charge is 0.444 e. The first-order valence-electron chi connectivity index (χ1n) is 6.91. The van der Waals surface area contributed by atoms with Crippen molar-refractivity contribution >= 4 is 6.09 Å². The second kappa shape index (κ2) is 5.44. The van der Waals surface area contributed by atoms with Gasteiger partial charge in [0.05, 0.1) is 0 Å². The summed E-state index contributed by atoms with van der Waals surface area (Å²) in [6.07, 6.45) is 3.26. The molecule has 2 heterocycles. The molecule has 0 aromatic carbocycles. The van der Waals surface area contributed by atoms with E-state index in [4.69, 9.17) is 4.74 Å². The monoisotopic (exact) mass is 281 g/mol. The van der Waals surface area contributed by atoms with E-state index < -0.39 is 11.7 Å². The molecule has 1 aliphatic rings. The molecule has 1 fully saturated rings. The van der Waals surface area contributed by atoms with Crippen molar-refractivity contribution < 1.29 is 14.6 Å². The van der Waals surface area contributed by atoms with Crippen LogP contribution in [-0.4, -0.2) is 44.3 Å². The SMILES string of the molecule is Cn1ccnc1C(O)C1CCN(C(=O)OC(C)(C)C)C1. The lowest BCUT2D eigenvalue weighted by atomic mass is 10.0. The molecule has 0 radical (unpaired) electrons. The third-order valence-electron chi connectivity index (χ3n) is 3.45. The summed E-state index contributed by atoms with van der Waals surface area (Å²) < 4.78 is 7.16. The van der Waals surface area contributed by atoms with E-state index in [2.05, 4.69) is 4.98 Å². The Morgan fingerprint density at radius 2 is 2.25 bits per heavy atom. The molecule has 6 heteroatoms. The van der Waals surface area contributed by atoms with E-state index in [0.717, 1.165) is 6.42 Å². The van der Waals surface area contributed by atoms with Crippen LogP contribution in [0.1, 0.15) is 39.1 Å². The predicted octanol–water partition coefficient (Wildman–Crippen LogP) is 1.71. The number of hydrogen-bond donors (Lipinski definition) is 1. The predicted molar refractivity (Wildman–Crippen MR) is 74.1 cm³/mol. The number of carbonyl (C=O) groups excluding carboxylic acids is 1. The Balaban J connectivity index is 1.95. The van der Waals surface area contributed by atoms with Gasteiger partial charge in [0.2, 0.25) is 0 Å². The fraction of sp³-hybridized carbons (Fsp3) is 0.714. The fourth-order valence-electron chi connectivity index (χ4n) is 2.41. The molecule has 1 saturated heterocycles. The number of likely N-dealkylation sites (tertiary alicyclic amines) is 1. The van der Waals surface area contributed by atoms with Crippen molar-refractivity contribution in [2.75, 3.05) is 13.1 Å². The number of ether oxygens (including phenoxy) is 1. The smallest absolute Gasteiger partial charge is 0.410 e. The fourth-order valence-corrected chi connectivity index (χ4v) is 2.41. The van der Waals surface area contributed by atoms with Crippen molar-refractivity contribution in [1.82, 2.24) is 14.5 Å². The summed E-state index contributed by atoms with van der Waals surface area (Å²) in [6, 6.07) is 0. The standard InChI is InChI=1S/C14H23N3O3/c1-14(2,3)20-13(19)17-7-5-10(9-17)11(18)12-15-6-8-16(12)4/h6,8,10-11,18H,5,7,9H2,1-4H3. The first-order valence-corrected chi connectivity index (χ1v) is 6.91. The second-order valence-electron chi connectivity index (χ2n) is 6.32. The lowest BCUT2D eigenvalue weighted by Crippen LogP contribution is -2.35. The molecular formula is C14H23N3O3. The minimum atomic E-state index is -0.651. The Morgan fingerprint density at radius 3 is 2.80 bits per heavy atom. The van der Waals surface area contributed by atoms with Crippen LogP contribution < -0.4 is 0 Å². The average Bonchev–Trinajstić information content (AvgIpc) is 2.94. The minimum Gasteiger partial charge on any atom is -0.444 e. The number of aliphatic hydroxyl groups is 1. The molecule has 0 spiro atoms. The highest BCUT2D eigenvalue weighted by Gasteiger charge is 2.35. The summed E-state index contributed by atoms with van der Waals surface area (Å²) in [4.78, 5) is 17.8. The molecule has 0 aliphatic carbocycles. The van der Waals surface area contributed by atoms with Gasteiger partial charge in [-0.25, -0.2) is 9.78 Å². The van der Waals surface area contributed by atoms with Gasteiger partial charge in [0.15, 0.2) is 0 Å². The maximum Gasteiger partial charge on any atom is 0.410 e. The molecule has 1 aromatic rings. The number of nitrogens with zero attached hydrogens (tertiary/aromatic N) is 3. The Morgan fingerprint density at radius 1 is 1.55 bits per heavy atom. The summed E-state index contributed by atoms with van der Waals surface area (Å²) in [6.45, 7) is 6.66. The van der Waals surface area contributed by atoms with Crippen molar-refractivity contribution in [3.8, 4) is 0 Å². The summed E-state index contributed by atoms with van der Waals surface area (Å²) in [5.74, 6) is 0.643. The zero-order valence-corrected chi connectivity index (χ0v) is 12.5. The lowest BCUT2D eigenvalue weighted by Gasteiger charge is -2.25. The van der Waals surface area contributed by atoms with Gasteiger partial charge in [0.25, 0.3) is 0 Å². The lowest BCUT2D eigenvalue weighted by molar-refractivity contribution is 0.0264. The van der Waals surface area contributed by atoms with E-state index in [0.29, 0.717) is 18.9 Å². The van der Waals surface area contributed by atoms with Gasteiger partial charge < -0.3 is 19.3 Å². The minimum absolute atomic E-state index is 0.00335. The number of aromatic nitrogens is 2. The van der Waals surface area contributed by atoms with E-state index in [-0.39, 0.29) is 12.0 Å². The molecule has 1 aliphatic heterocycles. The van der Waals surface area contributed by atoms with Gasteiger partial charge in [-0.3, -0.25) is 0 Å². The topological polar surface area (TPSA) is 67.6 Å². The molecule has 20 heavy (non-hydrogen) atoms. The summed E-state index contributed by atoms with van der Waals surface area (Å²) in [5, 5.41) is 10.4. The van der Waals surface area contributed by atoms with Crippen molar-refractivity contribution in [1.29, 1.82) is 0 Å². The van der Waals surface area contributed by atoms with Crippen LogP contribution in [0.15, 0.2) is 12.4 Å². The highest BCUT2D eigenvalue weighted by atomic mass is 16.6. The Bertz CT molecular complexity index is 478. The summed E-state index contributed by atoms with van der Waals surface area (Å²) in [7, 11) is 1.85. The van der Waals surface area contributed by atoms with Gasteiger partial charge >= 0.3 is 6.09 Å². The average molecular weight is 281 g/mol. The third kappa shape index (κ3) is 3.30. The van der Waals surface area contributed by atoms with Crippen molar-refractivity contribution in [2.24, 2.45) is 13.0 Å². The van der Waals surface area contributed by atoms with Gasteiger partial charge in [-0.15, -0.1) is 0 Å². The van der Waals surface area contributed by atoms with Crippen LogP contribution in [0, 0.1) is 5.92 Å². The molecular weight excluding hydrogens is 258 g/mol. The van der Waals surface area contributed by atoms with Crippen molar-refractivity contribution in [3.05, 3.63) is 18.2 Å². The highest BCUT2D eigenvalue weighted by molar-refractivity contribution is 5.68. The number of amides is 1. The molecule has 0 bridgehead atoms. The van der Waals surface area contributed by atoms with E-state index in [9.17, 15) is 9.90 Å². The number of aliphatic hydroxyl groups excluding tert-OH is 1. The second-order valence-corrected chi connectivity index (χ2v) is 6.32. The number of hydrogen-bond acceptors (Lipinski definition) is 4. The molecule has 1 aromatic heterocycles. The van der Waals surface area contributed by atoms with Crippen molar-refractivity contribution in [3.63, 3.8) is 0 Å². The van der Waals surface area contributed by atoms with Gasteiger partial charge in [0.1, 0.15) is 17.5 Å². The van der Waals surface area contributed by atoms with E-state index in [1.807, 2.05) is 27.8 Å². The zero-order chi connectivity index (χ0) is 14.9. The van der Waals surface area contributed by atoms with Crippen LogP contribution in [0.25, 0.3) is 0 Å². The number of imidazole rings is 1. The van der Waals surface area contributed by atoms with Crippen LogP contribution in [0.4, 0.5) is 4.79 Å². The number of aryl methyl sites for hydroxylation is 1. The zero-order valence-electron chi connectivity index (χ0n) is 12.5. The first-order chi connectivity index (χ1) is 9.28. The summed E-state index contributed by atoms with van der Waals surface area (Å²) >= 11 is 0. The maximum atomic E-state index is 12.0. The molecule has 1 N–H and O–H groups in total. The highest BCUT2D eigenvalue weighted by Crippen LogP contribution is 2.29. The van der Waals surface area contributed by atoms with Gasteiger partial charge in [0, 0.05) is 38.4 Å². The van der Waals surface area contributed by atoms with E-state index in [1.165, 1.54) is 0 Å². The normalized spacial score (nSPS) is 21.1. The molecule has 6 nitrogen and oxygen atoms in total. The molecule has 1 amide bonds. The quantitative estimate of drug-likeness (QED) is 0.896. The number of rotatable bonds is 2. The van der Waals surface area contributed by atoms with Gasteiger partial charge in [-0.1, -0.05) is 0 Å². The van der Waals surface area contributed by atoms with Crippen LogP contribution in [-0.2, 0) is 11.8 Å². The van der Waals surface area contributed by atoms with Crippen LogP contribution in [0.5, 0.6) is 0 Å². The first kappa shape index (κ1) is 14.8. The van der Waals surface area contributed by atoms with Gasteiger partial charge in [-0.2, -0.15) is 0 Å².